The topological polar surface area (TPSA) is 59.5 Å². The molecular weight excluding hydrogens is 344 g/mol. The van der Waals surface area contributed by atoms with Gasteiger partial charge in [0.05, 0.1) is 0 Å². The summed E-state index contributed by atoms with van der Waals surface area (Å²) in [5, 5.41) is 1.00. The summed E-state index contributed by atoms with van der Waals surface area (Å²) in [4.78, 5) is 13.6. The SMILES string of the molecule is Br.C=CCN.CCN(CC)c1ccc2c(C)cc(=O)oc2c1. The van der Waals surface area contributed by atoms with Crippen molar-refractivity contribution in [2.45, 2.75) is 20.8 Å². The number of fused-ring (bicyclic) bond motifs is 1. The zero-order valence-electron chi connectivity index (χ0n) is 13.5. The first-order valence-corrected chi connectivity index (χ1v) is 7.17. The van der Waals surface area contributed by atoms with Crippen LogP contribution in [0.4, 0.5) is 5.69 Å². The summed E-state index contributed by atoms with van der Waals surface area (Å²) in [5.74, 6) is 0. The molecule has 0 unspecified atom stereocenters. The van der Waals surface area contributed by atoms with Crippen LogP contribution >= 0.6 is 17.0 Å². The third-order valence-electron chi connectivity index (χ3n) is 3.23. The van der Waals surface area contributed by atoms with Crippen molar-refractivity contribution in [1.82, 2.24) is 0 Å². The van der Waals surface area contributed by atoms with Crippen LogP contribution in [0.5, 0.6) is 0 Å². The van der Waals surface area contributed by atoms with Gasteiger partial charge in [0.25, 0.3) is 0 Å². The van der Waals surface area contributed by atoms with Crippen molar-refractivity contribution in [3.63, 3.8) is 0 Å². The molecule has 1 aromatic heterocycles. The van der Waals surface area contributed by atoms with E-state index in [9.17, 15) is 4.79 Å². The Labute approximate surface area is 142 Å². The first-order chi connectivity index (χ1) is 10.1. The lowest BCUT2D eigenvalue weighted by Gasteiger charge is -2.21. The van der Waals surface area contributed by atoms with Gasteiger partial charge in [0.2, 0.25) is 0 Å². The molecule has 0 aliphatic rings. The first-order valence-electron chi connectivity index (χ1n) is 7.17. The Kier molecular flexibility index (Phi) is 9.45. The predicted octanol–water partition coefficient (Wildman–Crippen LogP) is 3.66. The standard InChI is InChI=1S/C14H17NO2.C3H7N.BrH/c1-4-15(5-2)11-6-7-12-10(3)8-14(16)17-13(12)9-11;1-2-3-4;/h6-9H,4-5H2,1-3H3;2H,1,3-4H2;1H. The van der Waals surface area contributed by atoms with Crippen LogP contribution in [0.25, 0.3) is 11.0 Å². The smallest absolute Gasteiger partial charge is 0.336 e. The molecule has 2 rings (SSSR count). The molecule has 0 bridgehead atoms. The molecule has 0 fully saturated rings. The van der Waals surface area contributed by atoms with Gasteiger partial charge >= 0.3 is 5.63 Å². The number of halogens is 1. The van der Waals surface area contributed by atoms with E-state index >= 15 is 0 Å². The lowest BCUT2D eigenvalue weighted by atomic mass is 10.1. The quantitative estimate of drug-likeness (QED) is 0.660. The lowest BCUT2D eigenvalue weighted by molar-refractivity contribution is 0.560. The van der Waals surface area contributed by atoms with Gasteiger partial charge in [-0.1, -0.05) is 6.08 Å². The van der Waals surface area contributed by atoms with Gasteiger partial charge in [0.1, 0.15) is 5.58 Å². The summed E-state index contributed by atoms with van der Waals surface area (Å²) >= 11 is 0. The third kappa shape index (κ3) is 5.31. The number of rotatable bonds is 4. The van der Waals surface area contributed by atoms with Gasteiger partial charge in [-0.2, -0.15) is 0 Å². The minimum atomic E-state index is -0.285. The van der Waals surface area contributed by atoms with Crippen LogP contribution in [0.1, 0.15) is 19.4 Å². The maximum absolute atomic E-state index is 11.3. The summed E-state index contributed by atoms with van der Waals surface area (Å²) in [6.07, 6.45) is 1.65. The summed E-state index contributed by atoms with van der Waals surface area (Å²) < 4.78 is 5.24. The van der Waals surface area contributed by atoms with Crippen molar-refractivity contribution in [2.24, 2.45) is 5.73 Å². The molecule has 2 N–H and O–H groups in total. The molecule has 0 radical (unpaired) electrons. The molecule has 2 aromatic rings. The van der Waals surface area contributed by atoms with Gasteiger partial charge in [-0.3, -0.25) is 0 Å². The molecule has 22 heavy (non-hydrogen) atoms. The summed E-state index contributed by atoms with van der Waals surface area (Å²) in [5.41, 5.74) is 7.34. The second-order valence-corrected chi connectivity index (χ2v) is 4.63. The summed E-state index contributed by atoms with van der Waals surface area (Å²) in [6.45, 7) is 12.0. The van der Waals surface area contributed by atoms with Gasteiger partial charge in [0.15, 0.2) is 0 Å². The summed E-state index contributed by atoms with van der Waals surface area (Å²) in [6, 6.07) is 7.56. The number of aryl methyl sites for hydroxylation is 1. The molecule has 0 atom stereocenters. The first kappa shape index (κ1) is 20.4. The van der Waals surface area contributed by atoms with E-state index in [4.69, 9.17) is 10.2 Å². The molecule has 0 spiro atoms. The highest BCUT2D eigenvalue weighted by molar-refractivity contribution is 8.93. The van der Waals surface area contributed by atoms with Crippen molar-refractivity contribution in [3.8, 4) is 0 Å². The maximum atomic E-state index is 11.3. The van der Waals surface area contributed by atoms with E-state index in [1.54, 1.807) is 6.08 Å². The molecule has 0 aliphatic carbocycles. The second-order valence-electron chi connectivity index (χ2n) is 4.63. The number of benzene rings is 1. The molecule has 122 valence electrons. The fraction of sp³-hybridized carbons (Fsp3) is 0.353. The van der Waals surface area contributed by atoms with Gasteiger partial charge in [-0.05, 0) is 38.5 Å². The number of hydrogen-bond acceptors (Lipinski definition) is 4. The lowest BCUT2D eigenvalue weighted by Crippen LogP contribution is -2.21. The van der Waals surface area contributed by atoms with Crippen molar-refractivity contribution >= 4 is 33.6 Å². The van der Waals surface area contributed by atoms with E-state index in [0.29, 0.717) is 12.1 Å². The molecule has 0 aliphatic heterocycles. The summed E-state index contributed by atoms with van der Waals surface area (Å²) in [7, 11) is 0. The Morgan fingerprint density at radius 2 is 1.86 bits per heavy atom. The fourth-order valence-electron chi connectivity index (χ4n) is 2.10. The van der Waals surface area contributed by atoms with E-state index in [1.807, 2.05) is 19.1 Å². The monoisotopic (exact) mass is 368 g/mol. The van der Waals surface area contributed by atoms with Gasteiger partial charge in [-0.25, -0.2) is 4.79 Å². The van der Waals surface area contributed by atoms with Crippen LogP contribution in [0, 0.1) is 6.92 Å². The van der Waals surface area contributed by atoms with E-state index in [0.717, 1.165) is 29.7 Å². The predicted molar refractivity (Wildman–Crippen MR) is 100 cm³/mol. The average molecular weight is 369 g/mol. The van der Waals surface area contributed by atoms with Crippen LogP contribution < -0.4 is 16.3 Å². The van der Waals surface area contributed by atoms with Crippen LogP contribution in [-0.2, 0) is 0 Å². The van der Waals surface area contributed by atoms with E-state index in [-0.39, 0.29) is 22.6 Å². The van der Waals surface area contributed by atoms with Crippen molar-refractivity contribution in [3.05, 3.63) is 52.9 Å². The van der Waals surface area contributed by atoms with Crippen LogP contribution in [0.3, 0.4) is 0 Å². The number of nitrogens with two attached hydrogens (primary N) is 1. The minimum Gasteiger partial charge on any atom is -0.423 e. The molecule has 1 aromatic carbocycles. The molecule has 1 heterocycles. The largest absolute Gasteiger partial charge is 0.423 e. The number of anilines is 1. The Morgan fingerprint density at radius 3 is 2.36 bits per heavy atom. The third-order valence-corrected chi connectivity index (χ3v) is 3.23. The molecule has 4 nitrogen and oxygen atoms in total. The second kappa shape index (κ2) is 10.2. The molecule has 5 heteroatoms. The van der Waals surface area contributed by atoms with E-state index in [2.05, 4.69) is 31.4 Å². The highest BCUT2D eigenvalue weighted by Gasteiger charge is 2.06. The molecule has 0 saturated heterocycles. The Morgan fingerprint density at radius 1 is 1.27 bits per heavy atom. The van der Waals surface area contributed by atoms with Crippen molar-refractivity contribution in [1.29, 1.82) is 0 Å². The fourth-order valence-corrected chi connectivity index (χ4v) is 2.10. The normalized spacial score (nSPS) is 9.45. The molecule has 0 amide bonds. The Bertz CT molecular complexity index is 649. The Hall–Kier alpha value is -1.59. The number of hydrogen-bond donors (Lipinski definition) is 1. The van der Waals surface area contributed by atoms with Crippen LogP contribution in [0.15, 0.2) is 46.1 Å². The van der Waals surface area contributed by atoms with E-state index in [1.165, 1.54) is 6.07 Å². The molecular formula is C17H25BrN2O2. The van der Waals surface area contributed by atoms with Gasteiger partial charge in [0, 0.05) is 42.8 Å². The zero-order chi connectivity index (χ0) is 15.8. The van der Waals surface area contributed by atoms with Crippen LogP contribution in [-0.4, -0.2) is 19.6 Å². The van der Waals surface area contributed by atoms with Crippen molar-refractivity contribution < 1.29 is 4.42 Å². The average Bonchev–Trinajstić information content (AvgIpc) is 2.48. The maximum Gasteiger partial charge on any atom is 0.336 e. The zero-order valence-corrected chi connectivity index (χ0v) is 15.2. The van der Waals surface area contributed by atoms with Gasteiger partial charge in [-0.15, -0.1) is 23.6 Å². The minimum absolute atomic E-state index is 0. The highest BCUT2D eigenvalue weighted by Crippen LogP contribution is 2.23. The number of nitrogens with zero attached hydrogens (tertiary/aromatic N) is 1. The van der Waals surface area contributed by atoms with Crippen LogP contribution in [0.2, 0.25) is 0 Å². The Balaban J connectivity index is 0.000000791. The van der Waals surface area contributed by atoms with Gasteiger partial charge < -0.3 is 15.1 Å². The van der Waals surface area contributed by atoms with Crippen molar-refractivity contribution in [2.75, 3.05) is 24.5 Å². The molecule has 0 saturated carbocycles. The highest BCUT2D eigenvalue weighted by atomic mass is 79.9. The van der Waals surface area contributed by atoms with E-state index < -0.39 is 0 Å².